The molecule has 0 amide bonds. The van der Waals surface area contributed by atoms with Gasteiger partial charge >= 0.3 is 0 Å². The molecule has 0 bridgehead atoms. The van der Waals surface area contributed by atoms with Gasteiger partial charge in [-0.15, -0.1) is 0 Å². The van der Waals surface area contributed by atoms with Crippen molar-refractivity contribution in [3.05, 3.63) is 12.4 Å². The minimum absolute atomic E-state index is 0.632. The molecule has 86 valence electrons. The van der Waals surface area contributed by atoms with Gasteiger partial charge in [0.1, 0.15) is 0 Å². The fraction of sp³-hybridized carbons (Fsp3) is 0.500. The van der Waals surface area contributed by atoms with E-state index in [4.69, 9.17) is 0 Å². The third-order valence-electron chi connectivity index (χ3n) is 2.22. The summed E-state index contributed by atoms with van der Waals surface area (Å²) in [6, 6.07) is 0. The molecule has 1 N–H and O–H groups in total. The van der Waals surface area contributed by atoms with Gasteiger partial charge in [-0.2, -0.15) is 10.1 Å². The van der Waals surface area contributed by atoms with Crippen molar-refractivity contribution in [3.8, 4) is 0 Å². The van der Waals surface area contributed by atoms with Gasteiger partial charge in [0.2, 0.25) is 5.95 Å². The number of hydrogen-bond acceptors (Lipinski definition) is 5. The number of hydrogen-bond donors (Lipinski definition) is 1. The zero-order valence-corrected chi connectivity index (χ0v) is 9.80. The standard InChI is InChI=1S/C10H16N6/c1-15(2)5-4-11-10-12-6-8-7-16(3)14-9(8)13-10/h6-7H,4-5H2,1-3H3,(H,11,13,14). The monoisotopic (exact) mass is 220 g/mol. The number of likely N-dealkylation sites (N-methyl/N-ethyl adjacent to an activating group) is 1. The van der Waals surface area contributed by atoms with Crippen molar-refractivity contribution in [2.24, 2.45) is 7.05 Å². The minimum atomic E-state index is 0.632. The van der Waals surface area contributed by atoms with E-state index >= 15 is 0 Å². The zero-order chi connectivity index (χ0) is 11.5. The zero-order valence-electron chi connectivity index (χ0n) is 9.80. The molecule has 2 rings (SSSR count). The molecule has 0 atom stereocenters. The van der Waals surface area contributed by atoms with Crippen LogP contribution < -0.4 is 5.32 Å². The lowest BCUT2D eigenvalue weighted by Gasteiger charge is -2.09. The highest BCUT2D eigenvalue weighted by Crippen LogP contribution is 2.09. The number of nitrogens with one attached hydrogen (secondary N) is 1. The molecular weight excluding hydrogens is 204 g/mol. The van der Waals surface area contributed by atoms with Crippen LogP contribution >= 0.6 is 0 Å². The minimum Gasteiger partial charge on any atom is -0.353 e. The SMILES string of the molecule is CN(C)CCNc1ncc2cn(C)nc2n1. The molecule has 2 heterocycles. The summed E-state index contributed by atoms with van der Waals surface area (Å²) in [6.45, 7) is 1.77. The van der Waals surface area contributed by atoms with Crippen LogP contribution in [0.2, 0.25) is 0 Å². The molecule has 2 aromatic rings. The van der Waals surface area contributed by atoms with E-state index in [0.29, 0.717) is 5.95 Å². The Balaban J connectivity index is 2.07. The Morgan fingerprint density at radius 2 is 2.25 bits per heavy atom. The summed E-state index contributed by atoms with van der Waals surface area (Å²) in [4.78, 5) is 10.6. The molecule has 0 radical (unpaired) electrons. The smallest absolute Gasteiger partial charge is 0.224 e. The second-order valence-corrected chi connectivity index (χ2v) is 4.01. The molecule has 6 nitrogen and oxygen atoms in total. The molecule has 0 saturated heterocycles. The maximum atomic E-state index is 4.32. The Kier molecular flexibility index (Phi) is 3.00. The Morgan fingerprint density at radius 1 is 1.44 bits per heavy atom. The Morgan fingerprint density at radius 3 is 3.00 bits per heavy atom. The van der Waals surface area contributed by atoms with Crippen LogP contribution in [-0.2, 0) is 7.05 Å². The number of aromatic nitrogens is 4. The largest absolute Gasteiger partial charge is 0.353 e. The third kappa shape index (κ3) is 2.46. The van der Waals surface area contributed by atoms with Gasteiger partial charge in [0.15, 0.2) is 5.65 Å². The van der Waals surface area contributed by atoms with Crippen LogP contribution in [0.15, 0.2) is 12.4 Å². The predicted molar refractivity (Wildman–Crippen MR) is 63.3 cm³/mol. The van der Waals surface area contributed by atoms with Crippen LogP contribution in [0.4, 0.5) is 5.95 Å². The lowest BCUT2D eigenvalue weighted by atomic mass is 10.4. The van der Waals surface area contributed by atoms with E-state index in [-0.39, 0.29) is 0 Å². The van der Waals surface area contributed by atoms with Gasteiger partial charge in [0.25, 0.3) is 0 Å². The maximum Gasteiger partial charge on any atom is 0.224 e. The number of rotatable bonds is 4. The van der Waals surface area contributed by atoms with Crippen molar-refractivity contribution in [1.29, 1.82) is 0 Å². The Hall–Kier alpha value is -1.69. The van der Waals surface area contributed by atoms with Gasteiger partial charge in [0.05, 0.1) is 5.39 Å². The van der Waals surface area contributed by atoms with Gasteiger partial charge in [-0.25, -0.2) is 4.98 Å². The van der Waals surface area contributed by atoms with Crippen molar-refractivity contribution in [2.45, 2.75) is 0 Å². The normalized spacial score (nSPS) is 11.2. The lowest BCUT2D eigenvalue weighted by Crippen LogP contribution is -2.21. The van der Waals surface area contributed by atoms with Crippen molar-refractivity contribution in [3.63, 3.8) is 0 Å². The van der Waals surface area contributed by atoms with Gasteiger partial charge in [-0.1, -0.05) is 0 Å². The Labute approximate surface area is 94.3 Å². The first kappa shape index (κ1) is 10.8. The van der Waals surface area contributed by atoms with Crippen LogP contribution in [0.3, 0.4) is 0 Å². The second-order valence-electron chi connectivity index (χ2n) is 4.01. The quantitative estimate of drug-likeness (QED) is 0.805. The predicted octanol–water partition coefficient (Wildman–Crippen LogP) is 0.337. The van der Waals surface area contributed by atoms with E-state index in [1.54, 1.807) is 10.9 Å². The van der Waals surface area contributed by atoms with Gasteiger partial charge in [-0.3, -0.25) is 4.68 Å². The molecule has 2 aromatic heterocycles. The number of aryl methyl sites for hydroxylation is 1. The molecule has 0 aromatic carbocycles. The van der Waals surface area contributed by atoms with Crippen molar-refractivity contribution in [2.75, 3.05) is 32.5 Å². The summed E-state index contributed by atoms with van der Waals surface area (Å²) >= 11 is 0. The fourth-order valence-corrected chi connectivity index (χ4v) is 1.41. The molecular formula is C10H16N6. The van der Waals surface area contributed by atoms with Crippen LogP contribution in [0.1, 0.15) is 0 Å². The summed E-state index contributed by atoms with van der Waals surface area (Å²) < 4.78 is 1.74. The molecule has 0 spiro atoms. The average Bonchev–Trinajstić information content (AvgIpc) is 2.56. The Bertz CT molecular complexity index is 475. The van der Waals surface area contributed by atoms with Crippen LogP contribution in [-0.4, -0.2) is 51.8 Å². The first-order chi connectivity index (χ1) is 7.65. The van der Waals surface area contributed by atoms with Crippen molar-refractivity contribution in [1.82, 2.24) is 24.6 Å². The second kappa shape index (κ2) is 4.44. The molecule has 6 heteroatoms. The highest BCUT2D eigenvalue weighted by Gasteiger charge is 2.02. The average molecular weight is 220 g/mol. The molecule has 0 aliphatic carbocycles. The van der Waals surface area contributed by atoms with Gasteiger partial charge in [-0.05, 0) is 14.1 Å². The van der Waals surface area contributed by atoms with E-state index in [9.17, 15) is 0 Å². The highest BCUT2D eigenvalue weighted by molar-refractivity contribution is 5.73. The molecule has 16 heavy (non-hydrogen) atoms. The summed E-state index contributed by atoms with van der Waals surface area (Å²) in [5.41, 5.74) is 0.727. The summed E-state index contributed by atoms with van der Waals surface area (Å²) in [6.07, 6.45) is 3.69. The third-order valence-corrected chi connectivity index (χ3v) is 2.22. The van der Waals surface area contributed by atoms with Crippen LogP contribution in [0.25, 0.3) is 11.0 Å². The number of fused-ring (bicyclic) bond motifs is 1. The summed E-state index contributed by atoms with van der Waals surface area (Å²) in [7, 11) is 5.94. The molecule has 0 aliphatic rings. The molecule has 0 unspecified atom stereocenters. The first-order valence-corrected chi connectivity index (χ1v) is 5.20. The molecule has 0 fully saturated rings. The van der Waals surface area contributed by atoms with Crippen molar-refractivity contribution < 1.29 is 0 Å². The van der Waals surface area contributed by atoms with Crippen LogP contribution in [0.5, 0.6) is 0 Å². The van der Waals surface area contributed by atoms with E-state index in [0.717, 1.165) is 24.1 Å². The van der Waals surface area contributed by atoms with Crippen LogP contribution in [0, 0.1) is 0 Å². The number of anilines is 1. The van der Waals surface area contributed by atoms with E-state index in [1.807, 2.05) is 27.3 Å². The fourth-order valence-electron chi connectivity index (χ4n) is 1.41. The van der Waals surface area contributed by atoms with E-state index in [2.05, 4.69) is 25.3 Å². The molecule has 0 aliphatic heterocycles. The van der Waals surface area contributed by atoms with Crippen molar-refractivity contribution >= 4 is 17.0 Å². The van der Waals surface area contributed by atoms with Gasteiger partial charge < -0.3 is 10.2 Å². The summed E-state index contributed by atoms with van der Waals surface area (Å²) in [5.74, 6) is 0.632. The molecule has 0 saturated carbocycles. The summed E-state index contributed by atoms with van der Waals surface area (Å²) in [5, 5.41) is 8.36. The van der Waals surface area contributed by atoms with Gasteiger partial charge in [0, 0.05) is 32.5 Å². The van der Waals surface area contributed by atoms with E-state index < -0.39 is 0 Å². The lowest BCUT2D eigenvalue weighted by molar-refractivity contribution is 0.425. The maximum absolute atomic E-state index is 4.32. The van der Waals surface area contributed by atoms with E-state index in [1.165, 1.54) is 0 Å². The number of nitrogens with zero attached hydrogens (tertiary/aromatic N) is 5. The first-order valence-electron chi connectivity index (χ1n) is 5.20. The topological polar surface area (TPSA) is 58.9 Å². The highest BCUT2D eigenvalue weighted by atomic mass is 15.3.